The monoisotopic (exact) mass is 322 g/mol. The van der Waals surface area contributed by atoms with E-state index < -0.39 is 5.97 Å². The molecule has 100 valence electrons. The third-order valence-electron chi connectivity index (χ3n) is 2.97. The summed E-state index contributed by atoms with van der Waals surface area (Å²) in [6.07, 6.45) is 0.566. The van der Waals surface area contributed by atoms with Crippen molar-refractivity contribution in [2.45, 2.75) is 19.8 Å². The van der Waals surface area contributed by atoms with Crippen LogP contribution in [0.5, 0.6) is 0 Å². The van der Waals surface area contributed by atoms with Crippen molar-refractivity contribution in [2.75, 3.05) is 0 Å². The fraction of sp³-hybridized carbons (Fsp3) is 0.286. The Bertz CT molecular complexity index is 620. The Kier molecular flexibility index (Phi) is 4.04. The van der Waals surface area contributed by atoms with Crippen LogP contribution in [0.2, 0.25) is 0 Å². The molecule has 1 aromatic heterocycles. The molecule has 2 rings (SSSR count). The molecule has 0 aliphatic rings. The first kappa shape index (κ1) is 13.8. The standard InChI is InChI=1S/C14H15BrN2O2/c1-9-4-3-5-10(8-9)14-13(15)11(17(2)16-14)6-7-12(18)19/h3-5,8H,6-7H2,1-2H3,(H,18,19). The van der Waals surface area contributed by atoms with Crippen molar-refractivity contribution >= 4 is 21.9 Å². The van der Waals surface area contributed by atoms with Crippen LogP contribution in [0.3, 0.4) is 0 Å². The molecule has 2 aromatic rings. The van der Waals surface area contributed by atoms with Crippen LogP contribution in [-0.4, -0.2) is 20.9 Å². The van der Waals surface area contributed by atoms with E-state index in [0.29, 0.717) is 6.42 Å². The number of hydrogen-bond donors (Lipinski definition) is 1. The number of rotatable bonds is 4. The number of nitrogens with zero attached hydrogens (tertiary/aromatic N) is 2. The first-order chi connectivity index (χ1) is 8.99. The first-order valence-corrected chi connectivity index (χ1v) is 6.78. The van der Waals surface area contributed by atoms with Gasteiger partial charge in [0.1, 0.15) is 5.69 Å². The summed E-state index contributed by atoms with van der Waals surface area (Å²) in [6, 6.07) is 8.09. The van der Waals surface area contributed by atoms with E-state index in [1.807, 2.05) is 32.2 Å². The lowest BCUT2D eigenvalue weighted by atomic mass is 10.1. The third kappa shape index (κ3) is 3.04. The van der Waals surface area contributed by atoms with Crippen molar-refractivity contribution < 1.29 is 9.90 Å². The summed E-state index contributed by atoms with van der Waals surface area (Å²) in [7, 11) is 1.83. The van der Waals surface area contributed by atoms with Crippen molar-refractivity contribution in [3.05, 3.63) is 40.0 Å². The zero-order valence-corrected chi connectivity index (χ0v) is 12.4. The van der Waals surface area contributed by atoms with Gasteiger partial charge in [0.25, 0.3) is 0 Å². The van der Waals surface area contributed by atoms with E-state index >= 15 is 0 Å². The molecule has 0 atom stereocenters. The molecule has 0 spiro atoms. The van der Waals surface area contributed by atoms with Crippen molar-refractivity contribution in [3.63, 3.8) is 0 Å². The van der Waals surface area contributed by atoms with Crippen LogP contribution in [0.4, 0.5) is 0 Å². The summed E-state index contributed by atoms with van der Waals surface area (Å²) in [4.78, 5) is 10.7. The molecule has 19 heavy (non-hydrogen) atoms. The second-order valence-corrected chi connectivity index (χ2v) is 5.29. The maximum Gasteiger partial charge on any atom is 0.303 e. The van der Waals surface area contributed by atoms with Gasteiger partial charge in [-0.3, -0.25) is 9.48 Å². The maximum absolute atomic E-state index is 10.7. The molecule has 4 nitrogen and oxygen atoms in total. The van der Waals surface area contributed by atoms with Crippen LogP contribution in [-0.2, 0) is 18.3 Å². The number of carboxylic acids is 1. The van der Waals surface area contributed by atoms with Crippen LogP contribution in [0.15, 0.2) is 28.7 Å². The van der Waals surface area contributed by atoms with Crippen LogP contribution >= 0.6 is 15.9 Å². The SMILES string of the molecule is Cc1cccc(-c2nn(C)c(CCC(=O)O)c2Br)c1. The van der Waals surface area contributed by atoms with E-state index in [9.17, 15) is 4.79 Å². The zero-order chi connectivity index (χ0) is 14.0. The second kappa shape index (κ2) is 5.57. The molecule has 0 aliphatic carbocycles. The third-order valence-corrected chi connectivity index (χ3v) is 3.80. The molecule has 1 N–H and O–H groups in total. The second-order valence-electron chi connectivity index (χ2n) is 4.50. The number of carbonyl (C=O) groups is 1. The highest BCUT2D eigenvalue weighted by Crippen LogP contribution is 2.31. The van der Waals surface area contributed by atoms with Gasteiger partial charge in [0.15, 0.2) is 0 Å². The summed E-state index contributed by atoms with van der Waals surface area (Å²) >= 11 is 3.54. The number of aromatic nitrogens is 2. The summed E-state index contributed by atoms with van der Waals surface area (Å²) in [5, 5.41) is 13.2. The molecule has 0 radical (unpaired) electrons. The Balaban J connectivity index is 2.38. The Morgan fingerprint density at radius 3 is 2.84 bits per heavy atom. The predicted molar refractivity (Wildman–Crippen MR) is 77.0 cm³/mol. The molecule has 5 heteroatoms. The lowest BCUT2D eigenvalue weighted by molar-refractivity contribution is -0.136. The molecule has 1 heterocycles. The summed E-state index contributed by atoms with van der Waals surface area (Å²) < 4.78 is 2.62. The summed E-state index contributed by atoms with van der Waals surface area (Å²) in [6.45, 7) is 2.03. The van der Waals surface area contributed by atoms with Gasteiger partial charge < -0.3 is 5.11 Å². The molecule has 0 amide bonds. The van der Waals surface area contributed by atoms with Crippen molar-refractivity contribution in [3.8, 4) is 11.3 Å². The zero-order valence-electron chi connectivity index (χ0n) is 10.9. The van der Waals surface area contributed by atoms with E-state index in [1.165, 1.54) is 5.56 Å². The lowest BCUT2D eigenvalue weighted by Crippen LogP contribution is -2.03. The summed E-state index contributed by atoms with van der Waals surface area (Å²) in [5.74, 6) is -0.801. The minimum absolute atomic E-state index is 0.103. The minimum atomic E-state index is -0.801. The molecule has 0 bridgehead atoms. The number of carboxylic acid groups (broad SMARTS) is 1. The normalized spacial score (nSPS) is 10.7. The Morgan fingerprint density at radius 2 is 2.21 bits per heavy atom. The number of aryl methyl sites for hydroxylation is 2. The van der Waals surface area contributed by atoms with E-state index in [0.717, 1.165) is 21.4 Å². The average molecular weight is 323 g/mol. The van der Waals surface area contributed by atoms with Crippen LogP contribution in [0.25, 0.3) is 11.3 Å². The average Bonchev–Trinajstić information content (AvgIpc) is 2.62. The molecule has 0 unspecified atom stereocenters. The van der Waals surface area contributed by atoms with E-state index in [4.69, 9.17) is 5.11 Å². The van der Waals surface area contributed by atoms with E-state index in [1.54, 1.807) is 4.68 Å². The van der Waals surface area contributed by atoms with E-state index in [2.05, 4.69) is 27.1 Å². The molecular formula is C14H15BrN2O2. The topological polar surface area (TPSA) is 55.1 Å². The van der Waals surface area contributed by atoms with E-state index in [-0.39, 0.29) is 6.42 Å². The molecule has 0 saturated carbocycles. The molecular weight excluding hydrogens is 308 g/mol. The molecule has 0 saturated heterocycles. The van der Waals surface area contributed by atoms with Gasteiger partial charge in [0.2, 0.25) is 0 Å². The summed E-state index contributed by atoms with van der Waals surface area (Å²) in [5.41, 5.74) is 3.96. The highest BCUT2D eigenvalue weighted by molar-refractivity contribution is 9.10. The number of aliphatic carboxylic acids is 1. The molecule has 1 aromatic carbocycles. The number of halogens is 1. The predicted octanol–water partition coefficient (Wildman–Crippen LogP) is 3.18. The van der Waals surface area contributed by atoms with Crippen molar-refractivity contribution in [1.82, 2.24) is 9.78 Å². The number of hydrogen-bond acceptors (Lipinski definition) is 2. The Hall–Kier alpha value is -1.62. The maximum atomic E-state index is 10.7. The van der Waals surface area contributed by atoms with Gasteiger partial charge in [0.05, 0.1) is 16.6 Å². The molecule has 0 fully saturated rings. The Morgan fingerprint density at radius 1 is 1.47 bits per heavy atom. The van der Waals surface area contributed by atoms with Gasteiger partial charge in [-0.15, -0.1) is 0 Å². The van der Waals surface area contributed by atoms with Gasteiger partial charge in [0, 0.05) is 19.0 Å². The van der Waals surface area contributed by atoms with Crippen LogP contribution in [0, 0.1) is 6.92 Å². The first-order valence-electron chi connectivity index (χ1n) is 5.99. The minimum Gasteiger partial charge on any atom is -0.481 e. The highest BCUT2D eigenvalue weighted by Gasteiger charge is 2.16. The van der Waals surface area contributed by atoms with Gasteiger partial charge in [-0.05, 0) is 28.9 Å². The highest BCUT2D eigenvalue weighted by atomic mass is 79.9. The van der Waals surface area contributed by atoms with Gasteiger partial charge in [-0.2, -0.15) is 5.10 Å². The Labute approximate surface area is 120 Å². The van der Waals surface area contributed by atoms with Gasteiger partial charge >= 0.3 is 5.97 Å². The van der Waals surface area contributed by atoms with Gasteiger partial charge in [-0.25, -0.2) is 0 Å². The molecule has 0 aliphatic heterocycles. The number of benzene rings is 1. The van der Waals surface area contributed by atoms with Crippen molar-refractivity contribution in [1.29, 1.82) is 0 Å². The largest absolute Gasteiger partial charge is 0.481 e. The lowest BCUT2D eigenvalue weighted by Gasteiger charge is -2.00. The van der Waals surface area contributed by atoms with Gasteiger partial charge in [-0.1, -0.05) is 23.8 Å². The van der Waals surface area contributed by atoms with Crippen LogP contribution < -0.4 is 0 Å². The fourth-order valence-corrected chi connectivity index (χ4v) is 2.77. The smallest absolute Gasteiger partial charge is 0.303 e. The van der Waals surface area contributed by atoms with Crippen LogP contribution in [0.1, 0.15) is 17.7 Å². The van der Waals surface area contributed by atoms with Crippen molar-refractivity contribution in [2.24, 2.45) is 7.05 Å². The quantitative estimate of drug-likeness (QED) is 0.940. The fourth-order valence-electron chi connectivity index (χ4n) is 2.01.